The average Bonchev–Trinajstić information content (AvgIpc) is 1.98. The Labute approximate surface area is 118 Å². The number of aliphatic carboxylic acids is 2. The minimum atomic E-state index is -2.89. The van der Waals surface area contributed by atoms with Crippen molar-refractivity contribution < 1.29 is 75.3 Å². The summed E-state index contributed by atoms with van der Waals surface area (Å²) in [7, 11) is 0. The number of aliphatic hydroxyl groups is 1. The SMILES string of the molecule is O=C(O)CC(O)(CC(=O)OC(=O)O)C(=O)O.[H-].[Na+]. The number of hydrogen-bond donors (Lipinski definition) is 4. The van der Waals surface area contributed by atoms with Crippen molar-refractivity contribution in [1.82, 2.24) is 0 Å². The first-order valence-corrected chi connectivity index (χ1v) is 3.78. The van der Waals surface area contributed by atoms with E-state index in [1.807, 2.05) is 0 Å². The Morgan fingerprint density at radius 3 is 1.82 bits per heavy atom. The minimum absolute atomic E-state index is 0. The molecule has 92 valence electrons. The summed E-state index contributed by atoms with van der Waals surface area (Å²) in [4.78, 5) is 41.4. The fourth-order valence-electron chi connectivity index (χ4n) is 0.836. The number of carbonyl (C=O) groups is 4. The Kier molecular flexibility index (Phi) is 7.74. The van der Waals surface area contributed by atoms with Crippen molar-refractivity contribution in [2.24, 2.45) is 0 Å². The van der Waals surface area contributed by atoms with E-state index in [9.17, 15) is 24.3 Å². The number of carboxylic acids is 2. The topological polar surface area (TPSA) is 158 Å². The van der Waals surface area contributed by atoms with Gasteiger partial charge in [0.1, 0.15) is 0 Å². The minimum Gasteiger partial charge on any atom is -1.00 e. The summed E-state index contributed by atoms with van der Waals surface area (Å²) in [6.45, 7) is 0. The van der Waals surface area contributed by atoms with Crippen molar-refractivity contribution in [3.63, 3.8) is 0 Å². The molecule has 0 aromatic heterocycles. The maximum Gasteiger partial charge on any atom is 1.00 e. The van der Waals surface area contributed by atoms with Crippen LogP contribution in [0, 0.1) is 0 Å². The molecule has 0 aromatic rings. The Bertz CT molecular complexity index is 344. The van der Waals surface area contributed by atoms with E-state index in [1.165, 1.54) is 0 Å². The number of carboxylic acid groups (broad SMARTS) is 3. The van der Waals surface area contributed by atoms with Crippen LogP contribution in [-0.2, 0) is 19.1 Å². The molecule has 0 spiro atoms. The van der Waals surface area contributed by atoms with Crippen LogP contribution in [0.25, 0.3) is 0 Å². The summed E-state index contributed by atoms with van der Waals surface area (Å²) in [6.07, 6.45) is -4.51. The summed E-state index contributed by atoms with van der Waals surface area (Å²) in [5, 5.41) is 34.1. The molecule has 0 saturated heterocycles. The molecule has 0 saturated carbocycles. The van der Waals surface area contributed by atoms with E-state index >= 15 is 0 Å². The summed E-state index contributed by atoms with van der Waals surface area (Å²) in [5.41, 5.74) is -2.89. The molecular formula is C7H9NaO9. The van der Waals surface area contributed by atoms with Gasteiger partial charge in [-0.3, -0.25) is 9.59 Å². The molecule has 4 N–H and O–H groups in total. The number of rotatable bonds is 5. The molecule has 9 nitrogen and oxygen atoms in total. The monoisotopic (exact) mass is 260 g/mol. The largest absolute Gasteiger partial charge is 1.00 e. The van der Waals surface area contributed by atoms with Gasteiger partial charge in [0.15, 0.2) is 5.60 Å². The van der Waals surface area contributed by atoms with Crippen LogP contribution < -0.4 is 29.6 Å². The molecule has 0 aliphatic rings. The van der Waals surface area contributed by atoms with E-state index in [4.69, 9.17) is 15.3 Å². The third-order valence-electron chi connectivity index (χ3n) is 1.48. The van der Waals surface area contributed by atoms with E-state index < -0.39 is 42.5 Å². The fourth-order valence-corrected chi connectivity index (χ4v) is 0.836. The van der Waals surface area contributed by atoms with Gasteiger partial charge in [-0.25, -0.2) is 9.59 Å². The van der Waals surface area contributed by atoms with E-state index in [0.717, 1.165) is 0 Å². The van der Waals surface area contributed by atoms with Gasteiger partial charge in [-0.2, -0.15) is 0 Å². The predicted octanol–water partition coefficient (Wildman–Crippen LogP) is -4.00. The standard InChI is InChI=1S/C7H8O9.Na.H/c8-3(9)1-7(15,5(11)12)2-4(10)16-6(13)14;;/h15H,1-2H2,(H,8,9)(H,11,12)(H,13,14);;/q;+1;-1. The van der Waals surface area contributed by atoms with E-state index in [0.29, 0.717) is 0 Å². The van der Waals surface area contributed by atoms with Gasteiger partial charge in [0.25, 0.3) is 0 Å². The van der Waals surface area contributed by atoms with Gasteiger partial charge >= 0.3 is 53.6 Å². The van der Waals surface area contributed by atoms with Gasteiger partial charge in [0.2, 0.25) is 0 Å². The van der Waals surface area contributed by atoms with Gasteiger partial charge in [-0.15, -0.1) is 0 Å². The molecule has 0 heterocycles. The van der Waals surface area contributed by atoms with Crippen LogP contribution in [0.15, 0.2) is 0 Å². The molecular weight excluding hydrogens is 251 g/mol. The molecule has 0 radical (unpaired) electrons. The molecule has 0 aromatic carbocycles. The first-order valence-electron chi connectivity index (χ1n) is 3.78. The van der Waals surface area contributed by atoms with Crippen molar-refractivity contribution >= 4 is 24.1 Å². The summed E-state index contributed by atoms with van der Waals surface area (Å²) >= 11 is 0. The van der Waals surface area contributed by atoms with Crippen molar-refractivity contribution in [1.29, 1.82) is 0 Å². The van der Waals surface area contributed by atoms with Crippen LogP contribution in [-0.4, -0.2) is 50.1 Å². The van der Waals surface area contributed by atoms with Crippen LogP contribution in [0.2, 0.25) is 0 Å². The Balaban J connectivity index is -0.00000112. The average molecular weight is 260 g/mol. The molecule has 1 unspecified atom stereocenters. The first-order chi connectivity index (χ1) is 7.17. The molecule has 0 rings (SSSR count). The maximum absolute atomic E-state index is 10.7. The van der Waals surface area contributed by atoms with Crippen molar-refractivity contribution in [2.75, 3.05) is 0 Å². The Morgan fingerprint density at radius 1 is 1.06 bits per heavy atom. The van der Waals surface area contributed by atoms with Gasteiger partial charge < -0.3 is 26.6 Å². The molecule has 17 heavy (non-hydrogen) atoms. The second-order valence-corrected chi connectivity index (χ2v) is 2.82. The van der Waals surface area contributed by atoms with E-state index in [2.05, 4.69) is 4.74 Å². The first kappa shape index (κ1) is 18.2. The molecule has 0 aliphatic carbocycles. The zero-order valence-electron chi connectivity index (χ0n) is 9.74. The third kappa shape index (κ3) is 6.89. The number of ether oxygens (including phenoxy) is 1. The molecule has 0 amide bonds. The molecule has 1 atom stereocenters. The van der Waals surface area contributed by atoms with Gasteiger partial charge in [-0.1, -0.05) is 0 Å². The number of esters is 1. The zero-order valence-corrected chi connectivity index (χ0v) is 10.7. The van der Waals surface area contributed by atoms with E-state index in [1.54, 1.807) is 0 Å². The van der Waals surface area contributed by atoms with Crippen LogP contribution in [0.4, 0.5) is 4.79 Å². The molecule has 0 bridgehead atoms. The smallest absolute Gasteiger partial charge is 1.00 e. The molecule has 0 aliphatic heterocycles. The van der Waals surface area contributed by atoms with Gasteiger partial charge in [0, 0.05) is 0 Å². The van der Waals surface area contributed by atoms with Crippen LogP contribution in [0.3, 0.4) is 0 Å². The van der Waals surface area contributed by atoms with Crippen molar-refractivity contribution in [3.8, 4) is 0 Å². The molecule has 0 fully saturated rings. The summed E-state index contributed by atoms with van der Waals surface area (Å²) < 4.78 is 3.54. The Hall–Kier alpha value is -1.16. The number of hydrogen-bond acceptors (Lipinski definition) is 6. The third-order valence-corrected chi connectivity index (χ3v) is 1.48. The summed E-state index contributed by atoms with van der Waals surface area (Å²) in [6, 6.07) is 0. The molecule has 10 heteroatoms. The second-order valence-electron chi connectivity index (χ2n) is 2.82. The van der Waals surface area contributed by atoms with Gasteiger partial charge in [-0.05, 0) is 0 Å². The second kappa shape index (κ2) is 7.22. The van der Waals surface area contributed by atoms with E-state index in [-0.39, 0.29) is 31.0 Å². The van der Waals surface area contributed by atoms with Crippen LogP contribution in [0.1, 0.15) is 14.3 Å². The van der Waals surface area contributed by atoms with Crippen LogP contribution in [0.5, 0.6) is 0 Å². The Morgan fingerprint density at radius 2 is 1.53 bits per heavy atom. The normalized spacial score (nSPS) is 12.8. The summed E-state index contributed by atoms with van der Waals surface area (Å²) in [5.74, 6) is -5.18. The fraction of sp³-hybridized carbons (Fsp3) is 0.429. The zero-order chi connectivity index (χ0) is 12.9. The van der Waals surface area contributed by atoms with Crippen molar-refractivity contribution in [2.45, 2.75) is 18.4 Å². The number of carbonyl (C=O) groups excluding carboxylic acids is 1. The van der Waals surface area contributed by atoms with Crippen molar-refractivity contribution in [3.05, 3.63) is 0 Å². The van der Waals surface area contributed by atoms with Crippen LogP contribution >= 0.6 is 0 Å². The maximum atomic E-state index is 10.7. The predicted molar refractivity (Wildman–Crippen MR) is 44.7 cm³/mol. The van der Waals surface area contributed by atoms with Gasteiger partial charge in [0.05, 0.1) is 12.8 Å². The quantitative estimate of drug-likeness (QED) is 0.219.